The number of rotatable bonds is 11. The third-order valence-corrected chi connectivity index (χ3v) is 2.91. The second-order valence-electron chi connectivity index (χ2n) is 4.57. The number of aliphatic carboxylic acids is 1. The minimum atomic E-state index is -2.01. The number of hydrogen-bond acceptors (Lipinski definition) is 4. The highest BCUT2D eigenvalue weighted by molar-refractivity contribution is 5.89. The molecule has 106 valence electrons. The number of ketones is 1. The predicted octanol–water partition coefficient (Wildman–Crippen LogP) is 1.50. The van der Waals surface area contributed by atoms with Gasteiger partial charge in [-0.3, -0.25) is 4.79 Å². The Hall–Kier alpha value is -0.940. The van der Waals surface area contributed by atoms with E-state index in [9.17, 15) is 14.7 Å². The summed E-state index contributed by atoms with van der Waals surface area (Å²) < 4.78 is 0. The lowest BCUT2D eigenvalue weighted by Gasteiger charge is -2.12. The number of unbranched alkanes of at least 4 members (excludes halogenated alkanes) is 6. The molecule has 3 N–H and O–H groups in total. The van der Waals surface area contributed by atoms with Crippen LogP contribution in [-0.4, -0.2) is 39.3 Å². The molecule has 0 rings (SSSR count). The highest BCUT2D eigenvalue weighted by Gasteiger charge is 2.29. The molecule has 0 aromatic carbocycles. The SMILES string of the molecule is CCCCCCCCCC(=O)C(O)C(O)C(=O)O. The van der Waals surface area contributed by atoms with Gasteiger partial charge in [-0.1, -0.05) is 45.4 Å². The minimum Gasteiger partial charge on any atom is -0.479 e. The molecule has 2 atom stereocenters. The summed E-state index contributed by atoms with van der Waals surface area (Å²) in [5.74, 6) is -2.17. The van der Waals surface area contributed by atoms with Crippen LogP contribution in [0.5, 0.6) is 0 Å². The molecular formula is C13H24O5. The first-order chi connectivity index (χ1) is 8.50. The maximum atomic E-state index is 11.4. The Morgan fingerprint density at radius 1 is 0.889 bits per heavy atom. The van der Waals surface area contributed by atoms with Gasteiger partial charge in [-0.15, -0.1) is 0 Å². The van der Waals surface area contributed by atoms with E-state index in [1.165, 1.54) is 19.3 Å². The lowest BCUT2D eigenvalue weighted by atomic mass is 10.0. The van der Waals surface area contributed by atoms with Crippen LogP contribution in [0.15, 0.2) is 0 Å². The first-order valence-electron chi connectivity index (χ1n) is 6.62. The molecule has 5 heteroatoms. The van der Waals surface area contributed by atoms with Crippen molar-refractivity contribution in [3.8, 4) is 0 Å². The number of Topliss-reactive ketones (excluding diaryl/α,β-unsaturated/α-hetero) is 1. The lowest BCUT2D eigenvalue weighted by molar-refractivity contribution is -0.157. The van der Waals surface area contributed by atoms with Gasteiger partial charge in [-0.2, -0.15) is 0 Å². The molecule has 0 saturated heterocycles. The maximum absolute atomic E-state index is 11.4. The van der Waals surface area contributed by atoms with Crippen LogP contribution < -0.4 is 0 Å². The second-order valence-corrected chi connectivity index (χ2v) is 4.57. The zero-order chi connectivity index (χ0) is 14.0. The number of carbonyl (C=O) groups is 2. The van der Waals surface area contributed by atoms with Gasteiger partial charge >= 0.3 is 5.97 Å². The van der Waals surface area contributed by atoms with Crippen LogP contribution in [0.2, 0.25) is 0 Å². The molecule has 0 aromatic rings. The monoisotopic (exact) mass is 260 g/mol. The molecule has 0 heterocycles. The maximum Gasteiger partial charge on any atom is 0.335 e. The normalized spacial score (nSPS) is 14.2. The van der Waals surface area contributed by atoms with Gasteiger partial charge in [-0.05, 0) is 6.42 Å². The van der Waals surface area contributed by atoms with Gasteiger partial charge in [0, 0.05) is 6.42 Å². The molecular weight excluding hydrogens is 236 g/mol. The molecule has 0 saturated carbocycles. The Balaban J connectivity index is 3.61. The Kier molecular flexibility index (Phi) is 9.50. The number of hydrogen-bond donors (Lipinski definition) is 3. The largest absolute Gasteiger partial charge is 0.479 e. The van der Waals surface area contributed by atoms with Crippen LogP contribution in [-0.2, 0) is 9.59 Å². The molecule has 0 aliphatic rings. The van der Waals surface area contributed by atoms with E-state index in [0.29, 0.717) is 6.42 Å². The highest BCUT2D eigenvalue weighted by Crippen LogP contribution is 2.10. The minimum absolute atomic E-state index is 0.124. The van der Waals surface area contributed by atoms with Crippen molar-refractivity contribution >= 4 is 11.8 Å². The van der Waals surface area contributed by atoms with Crippen molar-refractivity contribution < 1.29 is 24.9 Å². The fraction of sp³-hybridized carbons (Fsp3) is 0.846. The molecule has 0 aromatic heterocycles. The zero-order valence-electron chi connectivity index (χ0n) is 11.0. The van der Waals surface area contributed by atoms with Crippen molar-refractivity contribution in [1.29, 1.82) is 0 Å². The quantitative estimate of drug-likeness (QED) is 0.489. The molecule has 18 heavy (non-hydrogen) atoms. The van der Waals surface area contributed by atoms with Crippen LogP contribution in [0.3, 0.4) is 0 Å². The molecule has 0 spiro atoms. The summed E-state index contributed by atoms with van der Waals surface area (Å²) in [4.78, 5) is 21.7. The lowest BCUT2D eigenvalue weighted by Crippen LogP contribution is -2.39. The Bertz CT molecular complexity index is 252. The van der Waals surface area contributed by atoms with Crippen molar-refractivity contribution in [2.75, 3.05) is 0 Å². The van der Waals surface area contributed by atoms with Gasteiger partial charge in [0.25, 0.3) is 0 Å². The number of aliphatic hydroxyl groups is 2. The third kappa shape index (κ3) is 7.40. The van der Waals surface area contributed by atoms with Crippen molar-refractivity contribution in [3.63, 3.8) is 0 Å². The highest BCUT2D eigenvalue weighted by atomic mass is 16.4. The van der Waals surface area contributed by atoms with Crippen LogP contribution in [0.1, 0.15) is 58.3 Å². The average molecular weight is 260 g/mol. The fourth-order valence-corrected chi connectivity index (χ4v) is 1.72. The Morgan fingerprint density at radius 2 is 1.39 bits per heavy atom. The van der Waals surface area contributed by atoms with Crippen molar-refractivity contribution in [2.24, 2.45) is 0 Å². The predicted molar refractivity (Wildman–Crippen MR) is 67.3 cm³/mol. The summed E-state index contributed by atoms with van der Waals surface area (Å²) in [6.45, 7) is 2.15. The van der Waals surface area contributed by atoms with E-state index in [4.69, 9.17) is 10.2 Å². The average Bonchev–Trinajstić information content (AvgIpc) is 2.35. The van der Waals surface area contributed by atoms with Gasteiger partial charge in [0.05, 0.1) is 0 Å². The summed E-state index contributed by atoms with van der Waals surface area (Å²) in [5.41, 5.74) is 0. The summed E-state index contributed by atoms with van der Waals surface area (Å²) in [5, 5.41) is 26.7. The van der Waals surface area contributed by atoms with Crippen LogP contribution in [0.25, 0.3) is 0 Å². The molecule has 0 fully saturated rings. The van der Waals surface area contributed by atoms with Crippen LogP contribution in [0.4, 0.5) is 0 Å². The van der Waals surface area contributed by atoms with Gasteiger partial charge in [0.1, 0.15) is 6.10 Å². The van der Waals surface area contributed by atoms with E-state index in [-0.39, 0.29) is 6.42 Å². The number of aliphatic hydroxyl groups excluding tert-OH is 2. The molecule has 5 nitrogen and oxygen atoms in total. The Morgan fingerprint density at radius 3 is 1.89 bits per heavy atom. The standard InChI is InChI=1S/C13H24O5/c1-2-3-4-5-6-7-8-9-10(14)11(15)12(16)13(17)18/h11-12,15-16H,2-9H2,1H3,(H,17,18). The number of carboxylic acids is 1. The molecule has 0 bridgehead atoms. The van der Waals surface area contributed by atoms with E-state index >= 15 is 0 Å². The number of carbonyl (C=O) groups excluding carboxylic acids is 1. The Labute approximate surface area is 108 Å². The van der Waals surface area contributed by atoms with E-state index in [1.54, 1.807) is 0 Å². The van der Waals surface area contributed by atoms with Crippen LogP contribution in [0, 0.1) is 0 Å². The van der Waals surface area contributed by atoms with Crippen molar-refractivity contribution in [1.82, 2.24) is 0 Å². The summed E-state index contributed by atoms with van der Waals surface area (Å²) in [6, 6.07) is 0. The van der Waals surface area contributed by atoms with E-state index in [0.717, 1.165) is 19.3 Å². The summed E-state index contributed by atoms with van der Waals surface area (Å²) >= 11 is 0. The zero-order valence-corrected chi connectivity index (χ0v) is 11.0. The molecule has 0 aliphatic carbocycles. The van der Waals surface area contributed by atoms with Crippen LogP contribution >= 0.6 is 0 Å². The first-order valence-corrected chi connectivity index (χ1v) is 6.62. The first kappa shape index (κ1) is 17.1. The van der Waals surface area contributed by atoms with E-state index in [2.05, 4.69) is 6.92 Å². The molecule has 2 unspecified atom stereocenters. The topological polar surface area (TPSA) is 94.8 Å². The smallest absolute Gasteiger partial charge is 0.335 e. The molecule has 0 radical (unpaired) electrons. The summed E-state index contributed by atoms with van der Waals surface area (Å²) in [7, 11) is 0. The van der Waals surface area contributed by atoms with Crippen molar-refractivity contribution in [3.05, 3.63) is 0 Å². The third-order valence-electron chi connectivity index (χ3n) is 2.91. The van der Waals surface area contributed by atoms with E-state index in [1.807, 2.05) is 0 Å². The second kappa shape index (κ2) is 10.0. The fourth-order valence-electron chi connectivity index (χ4n) is 1.72. The summed E-state index contributed by atoms with van der Waals surface area (Å²) in [6.07, 6.45) is 3.64. The van der Waals surface area contributed by atoms with Gasteiger partial charge < -0.3 is 15.3 Å². The molecule has 0 aliphatic heterocycles. The van der Waals surface area contributed by atoms with Crippen molar-refractivity contribution in [2.45, 2.75) is 70.5 Å². The van der Waals surface area contributed by atoms with E-state index < -0.39 is 24.0 Å². The number of carboxylic acid groups (broad SMARTS) is 1. The molecule has 0 amide bonds. The van der Waals surface area contributed by atoms with Gasteiger partial charge in [0.2, 0.25) is 0 Å². The van der Waals surface area contributed by atoms with Gasteiger partial charge in [-0.25, -0.2) is 4.79 Å². The van der Waals surface area contributed by atoms with Gasteiger partial charge in [0.15, 0.2) is 11.9 Å².